The number of piperidine rings is 1. The average Bonchev–Trinajstić information content (AvgIpc) is 3.17. The van der Waals surface area contributed by atoms with Gasteiger partial charge in [0.25, 0.3) is 5.91 Å². The summed E-state index contributed by atoms with van der Waals surface area (Å²) in [5.41, 5.74) is 3.80. The second-order valence-corrected chi connectivity index (χ2v) is 6.79. The van der Waals surface area contributed by atoms with Crippen molar-refractivity contribution in [3.05, 3.63) is 53.9 Å². The van der Waals surface area contributed by atoms with Crippen molar-refractivity contribution in [1.29, 1.82) is 0 Å². The number of carbonyl (C=O) groups is 1. The van der Waals surface area contributed by atoms with Gasteiger partial charge in [-0.3, -0.25) is 9.78 Å². The van der Waals surface area contributed by atoms with Crippen molar-refractivity contribution in [1.82, 2.24) is 14.9 Å². The maximum absolute atomic E-state index is 13.0. The van der Waals surface area contributed by atoms with Crippen LogP contribution in [0.4, 0.5) is 0 Å². The van der Waals surface area contributed by atoms with Gasteiger partial charge in [-0.25, -0.2) is 0 Å². The molecule has 27 heavy (non-hydrogen) atoms. The number of rotatable bonds is 4. The molecule has 0 unspecified atom stereocenters. The highest BCUT2D eigenvalue weighted by molar-refractivity contribution is 5.97. The molecule has 2 aromatic heterocycles. The summed E-state index contributed by atoms with van der Waals surface area (Å²) in [7, 11) is 3.17. The number of benzene rings is 1. The van der Waals surface area contributed by atoms with Gasteiger partial charge < -0.3 is 19.4 Å². The molecule has 1 saturated heterocycles. The third kappa shape index (κ3) is 3.35. The number of aromatic amines is 1. The van der Waals surface area contributed by atoms with E-state index >= 15 is 0 Å². The summed E-state index contributed by atoms with van der Waals surface area (Å²) >= 11 is 0. The van der Waals surface area contributed by atoms with E-state index in [1.807, 2.05) is 23.2 Å². The average molecular weight is 365 g/mol. The van der Waals surface area contributed by atoms with Gasteiger partial charge in [-0.2, -0.15) is 0 Å². The Kier molecular flexibility index (Phi) is 4.71. The Labute approximate surface area is 158 Å². The van der Waals surface area contributed by atoms with E-state index in [1.54, 1.807) is 32.4 Å². The third-order valence-corrected chi connectivity index (χ3v) is 5.27. The molecule has 6 heteroatoms. The zero-order valence-corrected chi connectivity index (χ0v) is 15.6. The lowest BCUT2D eigenvalue weighted by Crippen LogP contribution is -2.38. The first-order valence-corrected chi connectivity index (χ1v) is 9.14. The van der Waals surface area contributed by atoms with Gasteiger partial charge >= 0.3 is 0 Å². The number of hydrogen-bond donors (Lipinski definition) is 1. The normalized spacial score (nSPS) is 15.1. The summed E-state index contributed by atoms with van der Waals surface area (Å²) in [6, 6.07) is 11.4. The number of likely N-dealkylation sites (tertiary alicyclic amines) is 1. The zero-order valence-electron chi connectivity index (χ0n) is 15.6. The molecule has 0 radical (unpaired) electrons. The van der Waals surface area contributed by atoms with Crippen LogP contribution in [0.1, 0.15) is 34.8 Å². The molecule has 1 aromatic carbocycles. The Balaban J connectivity index is 1.48. The molecule has 0 spiro atoms. The first-order valence-electron chi connectivity index (χ1n) is 9.14. The summed E-state index contributed by atoms with van der Waals surface area (Å²) in [5, 5.41) is 0. The number of pyridine rings is 1. The van der Waals surface area contributed by atoms with E-state index in [-0.39, 0.29) is 5.91 Å². The number of aromatic nitrogens is 2. The maximum atomic E-state index is 13.0. The molecule has 0 saturated carbocycles. The van der Waals surface area contributed by atoms with Gasteiger partial charge in [0.05, 0.1) is 30.8 Å². The molecule has 0 bridgehead atoms. The van der Waals surface area contributed by atoms with E-state index in [2.05, 4.69) is 16.0 Å². The van der Waals surface area contributed by atoms with Gasteiger partial charge in [0.15, 0.2) is 0 Å². The monoisotopic (exact) mass is 365 g/mol. The van der Waals surface area contributed by atoms with E-state index in [1.165, 1.54) is 5.69 Å². The summed E-state index contributed by atoms with van der Waals surface area (Å²) in [4.78, 5) is 22.8. The van der Waals surface area contributed by atoms with Gasteiger partial charge in [-0.1, -0.05) is 0 Å². The number of carbonyl (C=O) groups excluding carboxylic acids is 1. The van der Waals surface area contributed by atoms with Crippen LogP contribution in [0.25, 0.3) is 11.0 Å². The molecular formula is C21H23N3O3. The molecule has 1 amide bonds. The Hall–Kier alpha value is -3.02. The van der Waals surface area contributed by atoms with Crippen LogP contribution in [0, 0.1) is 0 Å². The molecule has 1 aliphatic heterocycles. The van der Waals surface area contributed by atoms with E-state index in [0.29, 0.717) is 36.1 Å². The largest absolute Gasteiger partial charge is 0.497 e. The summed E-state index contributed by atoms with van der Waals surface area (Å²) in [6.07, 6.45) is 3.65. The van der Waals surface area contributed by atoms with Crippen molar-refractivity contribution in [2.45, 2.75) is 18.8 Å². The van der Waals surface area contributed by atoms with Crippen LogP contribution in [-0.4, -0.2) is 48.1 Å². The van der Waals surface area contributed by atoms with Crippen molar-refractivity contribution >= 4 is 16.9 Å². The minimum absolute atomic E-state index is 0.0116. The number of nitrogens with one attached hydrogen (secondary N) is 1. The molecular weight excluding hydrogens is 342 g/mol. The number of nitrogens with zero attached hydrogens (tertiary/aromatic N) is 2. The van der Waals surface area contributed by atoms with Crippen molar-refractivity contribution in [3.8, 4) is 11.5 Å². The van der Waals surface area contributed by atoms with Crippen LogP contribution < -0.4 is 9.47 Å². The Morgan fingerprint density at radius 1 is 1.15 bits per heavy atom. The molecule has 4 rings (SSSR count). The molecule has 6 nitrogen and oxygen atoms in total. The highest BCUT2D eigenvalue weighted by atomic mass is 16.5. The quantitative estimate of drug-likeness (QED) is 0.767. The summed E-state index contributed by atoms with van der Waals surface area (Å²) < 4.78 is 10.6. The number of hydrogen-bond acceptors (Lipinski definition) is 4. The number of methoxy groups -OCH3 is 2. The fourth-order valence-corrected chi connectivity index (χ4v) is 3.74. The number of fused-ring (bicyclic) bond motifs is 1. The van der Waals surface area contributed by atoms with Crippen molar-refractivity contribution in [2.24, 2.45) is 0 Å². The van der Waals surface area contributed by atoms with Gasteiger partial charge in [-0.05, 0) is 49.2 Å². The van der Waals surface area contributed by atoms with Crippen molar-refractivity contribution in [2.75, 3.05) is 27.3 Å². The van der Waals surface area contributed by atoms with Gasteiger partial charge in [0.1, 0.15) is 11.5 Å². The molecule has 1 aliphatic rings. The van der Waals surface area contributed by atoms with Crippen LogP contribution in [-0.2, 0) is 0 Å². The topological polar surface area (TPSA) is 67.5 Å². The van der Waals surface area contributed by atoms with E-state index in [0.717, 1.165) is 23.9 Å². The molecule has 1 fully saturated rings. The molecule has 3 heterocycles. The molecule has 1 N–H and O–H groups in total. The fraction of sp³-hybridized carbons (Fsp3) is 0.333. The lowest BCUT2D eigenvalue weighted by atomic mass is 9.93. The van der Waals surface area contributed by atoms with E-state index in [9.17, 15) is 4.79 Å². The predicted octanol–water partition coefficient (Wildman–Crippen LogP) is 3.60. The Morgan fingerprint density at radius 3 is 2.67 bits per heavy atom. The molecule has 140 valence electrons. The smallest absolute Gasteiger partial charge is 0.257 e. The van der Waals surface area contributed by atoms with E-state index in [4.69, 9.17) is 9.47 Å². The zero-order chi connectivity index (χ0) is 18.8. The van der Waals surface area contributed by atoms with Crippen molar-refractivity contribution < 1.29 is 14.3 Å². The summed E-state index contributed by atoms with van der Waals surface area (Å²) in [5.74, 6) is 1.63. The minimum atomic E-state index is -0.0116. The van der Waals surface area contributed by atoms with Gasteiger partial charge in [0, 0.05) is 30.9 Å². The fourth-order valence-electron chi connectivity index (χ4n) is 3.74. The highest BCUT2D eigenvalue weighted by Gasteiger charge is 2.27. The molecule has 3 aromatic rings. The second-order valence-electron chi connectivity index (χ2n) is 6.79. The summed E-state index contributed by atoms with van der Waals surface area (Å²) in [6.45, 7) is 1.43. The lowest BCUT2D eigenvalue weighted by molar-refractivity contribution is 0.0708. The standard InChI is InChI=1S/C21H23N3O3/c1-26-15-5-6-20(27-2)16(12-15)21(25)24-10-7-14(8-11-24)18-13-19-17(23-18)4-3-9-22-19/h3-6,9,12-14,23H,7-8,10-11H2,1-2H3. The Morgan fingerprint density at radius 2 is 1.96 bits per heavy atom. The number of ether oxygens (including phenoxy) is 2. The molecule has 0 atom stereocenters. The van der Waals surface area contributed by atoms with Crippen LogP contribution in [0.2, 0.25) is 0 Å². The van der Waals surface area contributed by atoms with Crippen LogP contribution in [0.5, 0.6) is 11.5 Å². The number of amides is 1. The predicted molar refractivity (Wildman–Crippen MR) is 104 cm³/mol. The first-order chi connectivity index (χ1) is 13.2. The second kappa shape index (κ2) is 7.31. The Bertz CT molecular complexity index is 925. The van der Waals surface area contributed by atoms with Crippen LogP contribution in [0.15, 0.2) is 42.6 Å². The van der Waals surface area contributed by atoms with Gasteiger partial charge in [-0.15, -0.1) is 0 Å². The SMILES string of the molecule is COc1ccc(OC)c(C(=O)N2CCC(c3cc4ncccc4[nH]3)CC2)c1. The van der Waals surface area contributed by atoms with E-state index < -0.39 is 0 Å². The number of H-pyrrole nitrogens is 1. The van der Waals surface area contributed by atoms with Gasteiger partial charge in [0.2, 0.25) is 0 Å². The molecule has 0 aliphatic carbocycles. The first kappa shape index (κ1) is 17.4. The lowest BCUT2D eigenvalue weighted by Gasteiger charge is -2.32. The minimum Gasteiger partial charge on any atom is -0.497 e. The highest BCUT2D eigenvalue weighted by Crippen LogP contribution is 2.31. The van der Waals surface area contributed by atoms with Crippen LogP contribution >= 0.6 is 0 Å². The maximum Gasteiger partial charge on any atom is 0.257 e. The van der Waals surface area contributed by atoms with Crippen LogP contribution in [0.3, 0.4) is 0 Å². The third-order valence-electron chi connectivity index (χ3n) is 5.27. The van der Waals surface area contributed by atoms with Crippen molar-refractivity contribution in [3.63, 3.8) is 0 Å².